The molecule has 3 aliphatic heterocycles. The summed E-state index contributed by atoms with van der Waals surface area (Å²) in [6, 6.07) is 11.6. The van der Waals surface area contributed by atoms with Crippen molar-refractivity contribution in [3.8, 4) is 0 Å². The first-order valence-electron chi connectivity index (χ1n) is 15.1. The number of para-hydroxylation sites is 1. The van der Waals surface area contributed by atoms with E-state index in [1.807, 2.05) is 6.07 Å². The largest absolute Gasteiger partial charge is 0.379 e. The van der Waals surface area contributed by atoms with E-state index in [9.17, 15) is 24.5 Å². The molecule has 2 N–H and O–H groups in total. The summed E-state index contributed by atoms with van der Waals surface area (Å²) in [5, 5.41) is 16.2. The average molecular weight is 668 g/mol. The number of anilines is 1. The monoisotopic (exact) mass is 666 g/mol. The molecule has 0 spiro atoms. The van der Waals surface area contributed by atoms with E-state index in [1.165, 1.54) is 12.1 Å². The number of likely N-dealkylation sites (tertiary alicyclic amines) is 2. The molecule has 12 nitrogen and oxygen atoms in total. The van der Waals surface area contributed by atoms with Crippen LogP contribution in [0, 0.1) is 10.1 Å². The fourth-order valence-electron chi connectivity index (χ4n) is 6.64. The number of fused-ring (bicyclic) bond motifs is 1. The van der Waals surface area contributed by atoms with E-state index in [0.717, 1.165) is 39.1 Å². The third-order valence-electron chi connectivity index (χ3n) is 8.86. The molecule has 0 radical (unpaired) electrons. The van der Waals surface area contributed by atoms with E-state index >= 15 is 0 Å². The zero-order valence-electron chi connectivity index (χ0n) is 24.3. The smallest absolute Gasteiger partial charge is 0.294 e. The second-order valence-electron chi connectivity index (χ2n) is 11.6. The summed E-state index contributed by atoms with van der Waals surface area (Å²) in [6.07, 6.45) is 2.99. The lowest BCUT2D eigenvalue weighted by molar-refractivity contribution is -0.384. The SMILES string of the molecule is O=C(c1cc(Br)cc([N+](=O)[O-])c1N[C@@H]1CCCN(C(=O)c2cc(=O)[nH]c3ccccc23)C1)N1CCC(N2CCOCC2)CC1. The molecule has 0 saturated carbocycles. The van der Waals surface area contributed by atoms with Crippen LogP contribution in [0.15, 0.2) is 51.7 Å². The van der Waals surface area contributed by atoms with Gasteiger partial charge in [-0.15, -0.1) is 0 Å². The molecule has 44 heavy (non-hydrogen) atoms. The van der Waals surface area contributed by atoms with Crippen LogP contribution in [0.25, 0.3) is 10.9 Å². The Morgan fingerprint density at radius 3 is 2.43 bits per heavy atom. The Hall–Kier alpha value is -3.81. The van der Waals surface area contributed by atoms with Crippen molar-refractivity contribution in [1.82, 2.24) is 19.7 Å². The first kappa shape index (κ1) is 30.2. The summed E-state index contributed by atoms with van der Waals surface area (Å²) in [7, 11) is 0. The van der Waals surface area contributed by atoms with Crippen molar-refractivity contribution in [1.29, 1.82) is 0 Å². The van der Waals surface area contributed by atoms with Crippen LogP contribution in [-0.2, 0) is 4.74 Å². The highest BCUT2D eigenvalue weighted by atomic mass is 79.9. The number of benzene rings is 2. The van der Waals surface area contributed by atoms with Crippen LogP contribution in [0.5, 0.6) is 0 Å². The number of nitrogens with zero attached hydrogens (tertiary/aromatic N) is 4. The second-order valence-corrected chi connectivity index (χ2v) is 12.5. The van der Waals surface area contributed by atoms with E-state index in [4.69, 9.17) is 4.74 Å². The van der Waals surface area contributed by atoms with Crippen molar-refractivity contribution in [2.24, 2.45) is 0 Å². The number of amides is 2. The lowest BCUT2D eigenvalue weighted by Crippen LogP contribution is -2.50. The Bertz CT molecular complexity index is 1630. The Morgan fingerprint density at radius 2 is 1.68 bits per heavy atom. The molecule has 1 aromatic heterocycles. The van der Waals surface area contributed by atoms with Gasteiger partial charge in [0.25, 0.3) is 17.5 Å². The molecule has 13 heteroatoms. The van der Waals surface area contributed by atoms with Crippen molar-refractivity contribution in [3.63, 3.8) is 0 Å². The van der Waals surface area contributed by atoms with E-state index in [2.05, 4.69) is 31.1 Å². The van der Waals surface area contributed by atoms with E-state index < -0.39 is 4.92 Å². The summed E-state index contributed by atoms with van der Waals surface area (Å²) < 4.78 is 5.93. The number of carbonyl (C=O) groups is 2. The fourth-order valence-corrected chi connectivity index (χ4v) is 7.09. The zero-order valence-corrected chi connectivity index (χ0v) is 25.9. The standard InChI is InChI=1S/C31H35BrN6O6/c32-20-16-25(31(41)36-10-7-22(8-11-36)35-12-14-44-15-13-35)29(27(17-20)38(42)43)33-21-4-3-9-37(19-21)30(40)24-18-28(39)34-26-6-2-1-5-23(24)26/h1-2,5-6,16-18,21-22,33H,3-4,7-15,19H2,(H,34,39)/t21-/m1/s1. The third kappa shape index (κ3) is 6.35. The van der Waals surface area contributed by atoms with E-state index in [0.29, 0.717) is 59.5 Å². The number of piperidine rings is 2. The molecule has 2 amide bonds. The molecule has 1 atom stereocenters. The number of morpholine rings is 1. The van der Waals surface area contributed by atoms with E-state index in [1.54, 1.807) is 34.1 Å². The third-order valence-corrected chi connectivity index (χ3v) is 9.32. The predicted molar refractivity (Wildman–Crippen MR) is 169 cm³/mol. The molecular formula is C31H35BrN6O6. The molecule has 2 aromatic carbocycles. The Labute approximate surface area is 262 Å². The van der Waals surface area contributed by atoms with Crippen LogP contribution in [0.2, 0.25) is 0 Å². The highest BCUT2D eigenvalue weighted by Crippen LogP contribution is 2.35. The Morgan fingerprint density at radius 1 is 0.955 bits per heavy atom. The lowest BCUT2D eigenvalue weighted by Gasteiger charge is -2.40. The Balaban J connectivity index is 1.22. The molecule has 3 fully saturated rings. The van der Waals surface area contributed by atoms with Crippen LogP contribution in [0.3, 0.4) is 0 Å². The zero-order chi connectivity index (χ0) is 30.8. The minimum absolute atomic E-state index is 0.166. The normalized spacial score (nSPS) is 20.1. The van der Waals surface area contributed by atoms with Gasteiger partial charge in [-0.3, -0.25) is 29.4 Å². The summed E-state index contributed by atoms with van der Waals surface area (Å²) in [4.78, 5) is 60.2. The highest BCUT2D eigenvalue weighted by Gasteiger charge is 2.33. The van der Waals surface area contributed by atoms with Gasteiger partial charge in [-0.1, -0.05) is 34.1 Å². The summed E-state index contributed by atoms with van der Waals surface area (Å²) in [5.74, 6) is -0.528. The van der Waals surface area contributed by atoms with Gasteiger partial charge in [0, 0.05) is 78.9 Å². The van der Waals surface area contributed by atoms with Crippen molar-refractivity contribution < 1.29 is 19.2 Å². The number of pyridine rings is 1. The number of aromatic nitrogens is 1. The fraction of sp³-hybridized carbons (Fsp3) is 0.452. The maximum atomic E-state index is 13.9. The van der Waals surface area contributed by atoms with Gasteiger partial charge in [0.05, 0.1) is 29.3 Å². The number of hydrogen-bond donors (Lipinski definition) is 2. The van der Waals surface area contributed by atoms with Crippen LogP contribution in [0.1, 0.15) is 46.4 Å². The number of H-pyrrole nitrogens is 1. The first-order chi connectivity index (χ1) is 21.3. The number of rotatable bonds is 6. The van der Waals surface area contributed by atoms with Crippen LogP contribution < -0.4 is 10.9 Å². The molecule has 3 saturated heterocycles. The Kier molecular flexibility index (Phi) is 8.96. The topological polar surface area (TPSA) is 141 Å². The number of ether oxygens (including phenoxy) is 1. The summed E-state index contributed by atoms with van der Waals surface area (Å²) >= 11 is 3.37. The van der Waals surface area contributed by atoms with E-state index in [-0.39, 0.29) is 46.9 Å². The van der Waals surface area contributed by atoms with Crippen molar-refractivity contribution in [2.75, 3.05) is 57.8 Å². The number of hydrogen-bond acceptors (Lipinski definition) is 8. The number of carbonyl (C=O) groups excluding carboxylic acids is 2. The number of aromatic amines is 1. The van der Waals surface area contributed by atoms with Gasteiger partial charge in [-0.05, 0) is 37.8 Å². The highest BCUT2D eigenvalue weighted by molar-refractivity contribution is 9.10. The molecule has 4 heterocycles. The molecule has 0 bridgehead atoms. The molecule has 3 aliphatic rings. The van der Waals surface area contributed by atoms with Crippen molar-refractivity contribution >= 4 is 50.0 Å². The van der Waals surface area contributed by atoms with Crippen LogP contribution in [-0.4, -0.2) is 101 Å². The predicted octanol–water partition coefficient (Wildman–Crippen LogP) is 3.85. The maximum absolute atomic E-state index is 13.9. The number of nitro benzene ring substituents is 1. The minimum atomic E-state index is -0.483. The van der Waals surface area contributed by atoms with Gasteiger partial charge >= 0.3 is 0 Å². The number of nitro groups is 1. The van der Waals surface area contributed by atoms with Gasteiger partial charge in [0.15, 0.2) is 0 Å². The van der Waals surface area contributed by atoms with Crippen molar-refractivity contribution in [3.05, 3.63) is 78.5 Å². The second kappa shape index (κ2) is 13.0. The van der Waals surface area contributed by atoms with Gasteiger partial charge in [-0.25, -0.2) is 0 Å². The molecule has 6 rings (SSSR count). The summed E-state index contributed by atoms with van der Waals surface area (Å²) in [6.45, 7) is 5.12. The average Bonchev–Trinajstić information content (AvgIpc) is 3.04. The first-order valence-corrected chi connectivity index (χ1v) is 15.8. The molecular weight excluding hydrogens is 632 g/mol. The van der Waals surface area contributed by atoms with Gasteiger partial charge in [-0.2, -0.15) is 0 Å². The lowest BCUT2D eigenvalue weighted by atomic mass is 10.00. The molecule has 3 aromatic rings. The maximum Gasteiger partial charge on any atom is 0.294 e. The van der Waals surface area contributed by atoms with Gasteiger partial charge in [0.2, 0.25) is 5.56 Å². The number of halogens is 1. The number of nitrogens with one attached hydrogen (secondary N) is 2. The quantitative estimate of drug-likeness (QED) is 0.299. The van der Waals surface area contributed by atoms with Gasteiger partial charge in [0.1, 0.15) is 5.69 Å². The summed E-state index contributed by atoms with van der Waals surface area (Å²) in [5.41, 5.74) is 0.740. The molecule has 0 unspecified atom stereocenters. The molecule has 0 aliphatic carbocycles. The van der Waals surface area contributed by atoms with Gasteiger partial charge < -0.3 is 24.8 Å². The van der Waals surface area contributed by atoms with Crippen molar-refractivity contribution in [2.45, 2.75) is 37.8 Å². The van der Waals surface area contributed by atoms with Crippen LogP contribution >= 0.6 is 15.9 Å². The molecule has 232 valence electrons. The minimum Gasteiger partial charge on any atom is -0.379 e. The van der Waals surface area contributed by atoms with Crippen LogP contribution in [0.4, 0.5) is 11.4 Å².